The molecule has 0 fully saturated rings. The van der Waals surface area contributed by atoms with Crippen LogP contribution >= 0.6 is 35.0 Å². The second kappa shape index (κ2) is 11.2. The van der Waals surface area contributed by atoms with Crippen LogP contribution in [0.2, 0.25) is 10.0 Å². The van der Waals surface area contributed by atoms with Crippen LogP contribution in [0.4, 0.5) is 10.5 Å². The first-order chi connectivity index (χ1) is 16.8. The number of aromatic nitrogens is 3. The normalized spacial score (nSPS) is 10.9. The average Bonchev–Trinajstić information content (AvgIpc) is 3.24. The number of carbonyl (C=O) groups is 1. The number of anilines is 1. The number of nitrogens with zero attached hydrogens (tertiary/aromatic N) is 3. The molecule has 0 spiro atoms. The Kier molecular flexibility index (Phi) is 8.00. The van der Waals surface area contributed by atoms with Crippen LogP contribution in [-0.2, 0) is 12.3 Å². The molecule has 6 nitrogen and oxygen atoms in total. The van der Waals surface area contributed by atoms with Crippen molar-refractivity contribution in [2.45, 2.75) is 38.2 Å². The number of hydrogen-bond acceptors (Lipinski definition) is 4. The number of thioether (sulfide) groups is 1. The molecular formula is C26H25Cl2N5OS. The Balaban J connectivity index is 1.58. The minimum absolute atomic E-state index is 0.150. The molecule has 0 unspecified atom stereocenters. The summed E-state index contributed by atoms with van der Waals surface area (Å²) < 4.78 is 1.84. The first-order valence-corrected chi connectivity index (χ1v) is 12.8. The van der Waals surface area contributed by atoms with E-state index >= 15 is 0 Å². The second-order valence-electron chi connectivity index (χ2n) is 8.10. The molecule has 0 aliphatic heterocycles. The molecule has 3 aromatic carbocycles. The van der Waals surface area contributed by atoms with E-state index in [9.17, 15) is 4.79 Å². The fraction of sp³-hybridized carbons (Fsp3) is 0.192. The van der Waals surface area contributed by atoms with Gasteiger partial charge in [0, 0.05) is 16.5 Å². The maximum Gasteiger partial charge on any atom is 0.319 e. The van der Waals surface area contributed by atoms with E-state index in [-0.39, 0.29) is 12.6 Å². The number of aryl methyl sites for hydroxylation is 2. The molecule has 2 amide bonds. The number of rotatable bonds is 7. The number of urea groups is 1. The minimum Gasteiger partial charge on any atom is -0.331 e. The van der Waals surface area contributed by atoms with Gasteiger partial charge in [0.15, 0.2) is 11.0 Å². The predicted molar refractivity (Wildman–Crippen MR) is 144 cm³/mol. The lowest BCUT2D eigenvalue weighted by molar-refractivity contribution is 0.251. The van der Waals surface area contributed by atoms with Crippen LogP contribution in [0.15, 0.2) is 65.8 Å². The van der Waals surface area contributed by atoms with Gasteiger partial charge in [-0.3, -0.25) is 4.57 Å². The smallest absolute Gasteiger partial charge is 0.319 e. The van der Waals surface area contributed by atoms with Crippen LogP contribution in [0.5, 0.6) is 0 Å². The standard InChI is InChI=1S/C26H25Cl2N5OS/c1-16-8-6-10-22(18(16)3)30-25(34)29-14-24-31-32-26(35-15-19-9-5-4-7-17(19)2)33(24)23-13-20(27)11-12-21(23)28/h4-13H,14-15H2,1-3H3,(H2,29,30,34). The van der Waals surface area contributed by atoms with Crippen molar-refractivity contribution in [1.29, 1.82) is 0 Å². The van der Waals surface area contributed by atoms with Gasteiger partial charge in [0.25, 0.3) is 0 Å². The molecular weight excluding hydrogens is 501 g/mol. The Morgan fingerprint density at radius 3 is 2.54 bits per heavy atom. The summed E-state index contributed by atoms with van der Waals surface area (Å²) in [4.78, 5) is 12.6. The summed E-state index contributed by atoms with van der Waals surface area (Å²) in [6.45, 7) is 6.21. The molecule has 0 saturated carbocycles. The number of carbonyl (C=O) groups excluding carboxylic acids is 1. The highest BCUT2D eigenvalue weighted by atomic mass is 35.5. The van der Waals surface area contributed by atoms with Crippen LogP contribution < -0.4 is 10.6 Å². The zero-order chi connectivity index (χ0) is 24.9. The van der Waals surface area contributed by atoms with E-state index in [2.05, 4.69) is 39.9 Å². The number of amides is 2. The average molecular weight is 526 g/mol. The monoisotopic (exact) mass is 525 g/mol. The van der Waals surface area contributed by atoms with Gasteiger partial charge in [-0.2, -0.15) is 0 Å². The largest absolute Gasteiger partial charge is 0.331 e. The molecule has 0 aliphatic carbocycles. The SMILES string of the molecule is Cc1ccccc1CSc1nnc(CNC(=O)Nc2cccc(C)c2C)n1-c1cc(Cl)ccc1Cl. The first kappa shape index (κ1) is 25.1. The van der Waals surface area contributed by atoms with Gasteiger partial charge in [-0.05, 0) is 67.3 Å². The summed E-state index contributed by atoms with van der Waals surface area (Å²) in [6.07, 6.45) is 0. The van der Waals surface area contributed by atoms with E-state index in [1.807, 2.05) is 48.7 Å². The van der Waals surface area contributed by atoms with E-state index in [0.717, 1.165) is 16.8 Å². The third-order valence-electron chi connectivity index (χ3n) is 5.73. The number of nitrogens with one attached hydrogen (secondary N) is 2. The molecule has 180 valence electrons. The van der Waals surface area contributed by atoms with Crippen molar-refractivity contribution in [1.82, 2.24) is 20.1 Å². The van der Waals surface area contributed by atoms with Crippen LogP contribution in [0.1, 0.15) is 28.1 Å². The van der Waals surface area contributed by atoms with Crippen LogP contribution in [0.25, 0.3) is 5.69 Å². The van der Waals surface area contributed by atoms with Crippen molar-refractivity contribution in [3.63, 3.8) is 0 Å². The molecule has 0 saturated heterocycles. The number of hydrogen-bond donors (Lipinski definition) is 2. The molecule has 0 atom stereocenters. The van der Waals surface area contributed by atoms with Crippen molar-refractivity contribution < 1.29 is 4.79 Å². The van der Waals surface area contributed by atoms with E-state index in [4.69, 9.17) is 23.2 Å². The van der Waals surface area contributed by atoms with Gasteiger partial charge in [0.1, 0.15) is 0 Å². The van der Waals surface area contributed by atoms with Crippen molar-refractivity contribution in [3.8, 4) is 5.69 Å². The Bertz CT molecular complexity index is 1370. The lowest BCUT2D eigenvalue weighted by Crippen LogP contribution is -2.29. The minimum atomic E-state index is -0.334. The van der Waals surface area contributed by atoms with Gasteiger partial charge in [-0.1, -0.05) is 71.4 Å². The maximum absolute atomic E-state index is 12.6. The lowest BCUT2D eigenvalue weighted by Gasteiger charge is -2.14. The van der Waals surface area contributed by atoms with Crippen LogP contribution in [-0.4, -0.2) is 20.8 Å². The molecule has 4 aromatic rings. The molecule has 0 radical (unpaired) electrons. The molecule has 1 aromatic heterocycles. The van der Waals surface area contributed by atoms with Gasteiger partial charge in [0.2, 0.25) is 0 Å². The fourth-order valence-corrected chi connectivity index (χ4v) is 4.94. The molecule has 1 heterocycles. The van der Waals surface area contributed by atoms with Crippen LogP contribution in [0.3, 0.4) is 0 Å². The second-order valence-corrected chi connectivity index (χ2v) is 9.89. The van der Waals surface area contributed by atoms with E-state index < -0.39 is 0 Å². The van der Waals surface area contributed by atoms with Gasteiger partial charge < -0.3 is 10.6 Å². The Morgan fingerprint density at radius 1 is 0.971 bits per heavy atom. The summed E-state index contributed by atoms with van der Waals surface area (Å²) in [5, 5.41) is 16.2. The molecule has 4 rings (SSSR count). The fourth-order valence-electron chi connectivity index (χ4n) is 3.53. The summed E-state index contributed by atoms with van der Waals surface area (Å²) in [5.74, 6) is 1.25. The maximum atomic E-state index is 12.6. The lowest BCUT2D eigenvalue weighted by atomic mass is 10.1. The zero-order valence-corrected chi connectivity index (χ0v) is 21.9. The van der Waals surface area contributed by atoms with E-state index in [1.165, 1.54) is 11.1 Å². The number of benzene rings is 3. The highest BCUT2D eigenvalue weighted by Gasteiger charge is 2.18. The molecule has 0 aliphatic rings. The molecule has 2 N–H and O–H groups in total. The summed E-state index contributed by atoms with van der Waals surface area (Å²) in [7, 11) is 0. The Labute approximate surface area is 219 Å². The van der Waals surface area contributed by atoms with Gasteiger partial charge in [-0.25, -0.2) is 4.79 Å². The van der Waals surface area contributed by atoms with Gasteiger partial charge in [-0.15, -0.1) is 10.2 Å². The van der Waals surface area contributed by atoms with E-state index in [1.54, 1.807) is 30.0 Å². The third kappa shape index (κ3) is 5.99. The van der Waals surface area contributed by atoms with Crippen molar-refractivity contribution >= 4 is 46.7 Å². The molecule has 0 bridgehead atoms. The molecule has 9 heteroatoms. The summed E-state index contributed by atoms with van der Waals surface area (Å²) in [5.41, 5.74) is 5.95. The quantitative estimate of drug-likeness (QED) is 0.252. The number of halogens is 2. The van der Waals surface area contributed by atoms with E-state index in [0.29, 0.717) is 32.5 Å². The summed E-state index contributed by atoms with van der Waals surface area (Å²) >= 11 is 14.4. The molecule has 35 heavy (non-hydrogen) atoms. The Hall–Kier alpha value is -3.00. The highest BCUT2D eigenvalue weighted by molar-refractivity contribution is 7.98. The third-order valence-corrected chi connectivity index (χ3v) is 7.26. The van der Waals surface area contributed by atoms with Crippen molar-refractivity contribution in [3.05, 3.63) is 98.8 Å². The zero-order valence-electron chi connectivity index (χ0n) is 19.6. The summed E-state index contributed by atoms with van der Waals surface area (Å²) in [6, 6.07) is 18.9. The predicted octanol–water partition coefficient (Wildman–Crippen LogP) is 7.11. The van der Waals surface area contributed by atoms with Crippen LogP contribution in [0, 0.1) is 20.8 Å². The van der Waals surface area contributed by atoms with Crippen molar-refractivity contribution in [2.24, 2.45) is 0 Å². The van der Waals surface area contributed by atoms with Gasteiger partial charge >= 0.3 is 6.03 Å². The topological polar surface area (TPSA) is 71.8 Å². The van der Waals surface area contributed by atoms with Crippen molar-refractivity contribution in [2.75, 3.05) is 5.32 Å². The first-order valence-electron chi connectivity index (χ1n) is 11.0. The Morgan fingerprint density at radius 2 is 1.74 bits per heavy atom. The van der Waals surface area contributed by atoms with Gasteiger partial charge in [0.05, 0.1) is 17.3 Å². The highest BCUT2D eigenvalue weighted by Crippen LogP contribution is 2.31.